The zero-order valence-corrected chi connectivity index (χ0v) is 13.0. The van der Waals surface area contributed by atoms with E-state index in [2.05, 4.69) is 9.97 Å². The summed E-state index contributed by atoms with van der Waals surface area (Å²) in [6.07, 6.45) is 6.89. The van der Waals surface area contributed by atoms with E-state index in [1.807, 2.05) is 7.05 Å². The molecule has 2 heterocycles. The highest BCUT2D eigenvalue weighted by molar-refractivity contribution is 5.71. The van der Waals surface area contributed by atoms with Gasteiger partial charge in [0.05, 0.1) is 0 Å². The number of nitrogens with zero attached hydrogens (tertiary/aromatic N) is 3. The molecule has 0 bridgehead atoms. The van der Waals surface area contributed by atoms with Crippen LogP contribution in [0.4, 0.5) is 0 Å². The highest BCUT2D eigenvalue weighted by Gasteiger charge is 2.23. The van der Waals surface area contributed by atoms with Gasteiger partial charge in [-0.05, 0) is 25.8 Å². The van der Waals surface area contributed by atoms with Crippen LogP contribution < -0.4 is 17.0 Å². The molecule has 0 saturated heterocycles. The average Bonchev–Trinajstić information content (AvgIpc) is 2.83. The summed E-state index contributed by atoms with van der Waals surface area (Å²) >= 11 is 0. The topological polar surface area (TPSA) is 98.7 Å². The second kappa shape index (κ2) is 6.08. The maximum atomic E-state index is 12.3. The van der Waals surface area contributed by atoms with Gasteiger partial charge < -0.3 is 10.3 Å². The van der Waals surface area contributed by atoms with Crippen molar-refractivity contribution in [2.75, 3.05) is 6.54 Å². The molecule has 120 valence electrons. The summed E-state index contributed by atoms with van der Waals surface area (Å²) in [6.45, 7) is 0.578. The number of imidazole rings is 1. The lowest BCUT2D eigenvalue weighted by Gasteiger charge is -2.23. The molecule has 0 aromatic carbocycles. The number of aromatic nitrogens is 4. The maximum absolute atomic E-state index is 12.3. The minimum atomic E-state index is -0.360. The van der Waals surface area contributed by atoms with Gasteiger partial charge in [-0.25, -0.2) is 9.78 Å². The van der Waals surface area contributed by atoms with Crippen molar-refractivity contribution in [2.45, 2.75) is 51.0 Å². The Morgan fingerprint density at radius 2 is 2.00 bits per heavy atom. The van der Waals surface area contributed by atoms with Gasteiger partial charge >= 0.3 is 5.69 Å². The Hall–Kier alpha value is -1.89. The van der Waals surface area contributed by atoms with Gasteiger partial charge in [-0.3, -0.25) is 14.3 Å². The molecule has 1 fully saturated rings. The number of rotatable bonds is 4. The number of fused-ring (bicyclic) bond motifs is 1. The van der Waals surface area contributed by atoms with E-state index in [9.17, 15) is 9.59 Å². The second-order valence-corrected chi connectivity index (χ2v) is 6.07. The van der Waals surface area contributed by atoms with E-state index in [4.69, 9.17) is 5.73 Å². The molecular weight excluding hydrogens is 282 g/mol. The summed E-state index contributed by atoms with van der Waals surface area (Å²) in [5.74, 6) is 0.807. The first kappa shape index (κ1) is 15.0. The summed E-state index contributed by atoms with van der Waals surface area (Å²) < 4.78 is 3.49. The predicted molar refractivity (Wildman–Crippen MR) is 85.1 cm³/mol. The van der Waals surface area contributed by atoms with Crippen LogP contribution in [0.5, 0.6) is 0 Å². The molecule has 0 unspecified atom stereocenters. The molecule has 1 aliphatic carbocycles. The van der Waals surface area contributed by atoms with Crippen LogP contribution in [-0.4, -0.2) is 25.6 Å². The molecule has 2 aromatic heterocycles. The monoisotopic (exact) mass is 305 g/mol. The van der Waals surface area contributed by atoms with E-state index >= 15 is 0 Å². The number of H-pyrrole nitrogens is 1. The van der Waals surface area contributed by atoms with Crippen LogP contribution in [0, 0.1) is 0 Å². The van der Waals surface area contributed by atoms with Crippen LogP contribution >= 0.6 is 0 Å². The van der Waals surface area contributed by atoms with E-state index in [0.717, 1.165) is 37.9 Å². The van der Waals surface area contributed by atoms with Crippen molar-refractivity contribution in [3.8, 4) is 0 Å². The van der Waals surface area contributed by atoms with Crippen molar-refractivity contribution in [2.24, 2.45) is 12.8 Å². The van der Waals surface area contributed by atoms with Crippen molar-refractivity contribution < 1.29 is 0 Å². The van der Waals surface area contributed by atoms with Crippen LogP contribution in [0.3, 0.4) is 0 Å². The van der Waals surface area contributed by atoms with E-state index < -0.39 is 0 Å². The van der Waals surface area contributed by atoms with Crippen molar-refractivity contribution in [1.29, 1.82) is 0 Å². The van der Waals surface area contributed by atoms with Crippen molar-refractivity contribution >= 4 is 11.2 Å². The number of nitrogens with one attached hydrogen (secondary N) is 1. The molecule has 0 atom stereocenters. The van der Waals surface area contributed by atoms with Gasteiger partial charge in [0.15, 0.2) is 11.2 Å². The summed E-state index contributed by atoms with van der Waals surface area (Å²) in [6, 6.07) is 0.137. The average molecular weight is 305 g/mol. The molecule has 0 spiro atoms. The van der Waals surface area contributed by atoms with Crippen LogP contribution in [0.15, 0.2) is 9.59 Å². The predicted octanol–water partition coefficient (Wildman–Crippen LogP) is 0.820. The molecule has 3 rings (SSSR count). The SMILES string of the molecule is Cn1c(CCCN)nc2c1c(=O)[nH]c(=O)n2C1CCCCC1. The van der Waals surface area contributed by atoms with E-state index in [0.29, 0.717) is 24.1 Å². The Balaban J connectivity index is 2.18. The molecule has 0 radical (unpaired) electrons. The fourth-order valence-electron chi connectivity index (χ4n) is 3.43. The Morgan fingerprint density at radius 1 is 1.27 bits per heavy atom. The first-order valence-electron chi connectivity index (χ1n) is 8.03. The molecule has 1 aliphatic rings. The van der Waals surface area contributed by atoms with Gasteiger partial charge in [0, 0.05) is 19.5 Å². The van der Waals surface area contributed by atoms with Crippen LogP contribution in [0.2, 0.25) is 0 Å². The molecule has 1 saturated carbocycles. The second-order valence-electron chi connectivity index (χ2n) is 6.07. The molecule has 0 amide bonds. The smallest absolute Gasteiger partial charge is 0.330 e. The third kappa shape index (κ3) is 2.49. The lowest BCUT2D eigenvalue weighted by Crippen LogP contribution is -2.34. The minimum Gasteiger partial charge on any atom is -0.330 e. The first-order chi connectivity index (χ1) is 10.6. The molecule has 0 aliphatic heterocycles. The van der Waals surface area contributed by atoms with Gasteiger partial charge in [-0.15, -0.1) is 0 Å². The van der Waals surface area contributed by atoms with Gasteiger partial charge in [0.2, 0.25) is 0 Å². The maximum Gasteiger partial charge on any atom is 0.330 e. The molecular formula is C15H23N5O2. The quantitative estimate of drug-likeness (QED) is 0.873. The lowest BCUT2D eigenvalue weighted by molar-refractivity contribution is 0.349. The molecule has 7 nitrogen and oxygen atoms in total. The molecule has 22 heavy (non-hydrogen) atoms. The zero-order chi connectivity index (χ0) is 15.7. The largest absolute Gasteiger partial charge is 0.330 e. The summed E-state index contributed by atoms with van der Waals surface area (Å²) in [7, 11) is 1.83. The Labute approximate surface area is 128 Å². The number of nitrogens with two attached hydrogens (primary N) is 1. The zero-order valence-electron chi connectivity index (χ0n) is 13.0. The number of hydrogen-bond acceptors (Lipinski definition) is 4. The Bertz CT molecular complexity index is 780. The van der Waals surface area contributed by atoms with Crippen molar-refractivity contribution in [3.05, 3.63) is 26.7 Å². The van der Waals surface area contributed by atoms with Gasteiger partial charge in [0.25, 0.3) is 5.56 Å². The Kier molecular flexibility index (Phi) is 4.15. The normalized spacial score (nSPS) is 16.5. The molecule has 3 N–H and O–H groups in total. The van der Waals surface area contributed by atoms with E-state index in [1.54, 1.807) is 9.13 Å². The number of hydrogen-bond donors (Lipinski definition) is 2. The standard InChI is InChI=1S/C15H23N5O2/c1-19-11(8-5-9-16)17-13-12(19)14(21)18-15(22)20(13)10-6-3-2-4-7-10/h10H,2-9,16H2,1H3,(H,18,21,22). The van der Waals surface area contributed by atoms with Crippen molar-refractivity contribution in [1.82, 2.24) is 19.1 Å². The fraction of sp³-hybridized carbons (Fsp3) is 0.667. The number of aryl methyl sites for hydroxylation is 2. The first-order valence-corrected chi connectivity index (χ1v) is 8.03. The summed E-state index contributed by atoms with van der Waals surface area (Å²) in [4.78, 5) is 31.6. The number of aromatic amines is 1. The van der Waals surface area contributed by atoms with Crippen LogP contribution in [-0.2, 0) is 13.5 Å². The summed E-state index contributed by atoms with van der Waals surface area (Å²) in [5.41, 5.74) is 5.87. The minimum absolute atomic E-state index is 0.137. The lowest BCUT2D eigenvalue weighted by atomic mass is 9.95. The third-order valence-corrected chi connectivity index (χ3v) is 4.60. The van der Waals surface area contributed by atoms with E-state index in [-0.39, 0.29) is 17.3 Å². The molecule has 7 heteroatoms. The highest BCUT2D eigenvalue weighted by Crippen LogP contribution is 2.28. The highest BCUT2D eigenvalue weighted by atomic mass is 16.2. The van der Waals surface area contributed by atoms with Gasteiger partial charge in [-0.1, -0.05) is 19.3 Å². The van der Waals surface area contributed by atoms with Crippen molar-refractivity contribution in [3.63, 3.8) is 0 Å². The van der Waals surface area contributed by atoms with Gasteiger partial charge in [0.1, 0.15) is 5.82 Å². The third-order valence-electron chi connectivity index (χ3n) is 4.60. The van der Waals surface area contributed by atoms with Gasteiger partial charge in [-0.2, -0.15) is 0 Å². The van der Waals surface area contributed by atoms with E-state index in [1.165, 1.54) is 6.42 Å². The molecule has 2 aromatic rings. The van der Waals surface area contributed by atoms with Crippen LogP contribution in [0.1, 0.15) is 50.4 Å². The van der Waals surface area contributed by atoms with Crippen LogP contribution in [0.25, 0.3) is 11.2 Å². The summed E-state index contributed by atoms with van der Waals surface area (Å²) in [5, 5.41) is 0. The Morgan fingerprint density at radius 3 is 2.68 bits per heavy atom. The fourth-order valence-corrected chi connectivity index (χ4v) is 3.43.